The lowest BCUT2D eigenvalue weighted by Crippen LogP contribution is -2.16. The third kappa shape index (κ3) is 3.61. The summed E-state index contributed by atoms with van der Waals surface area (Å²) in [5, 5.41) is 0. The maximum absolute atomic E-state index is 10.9. The molecule has 0 saturated carbocycles. The van der Waals surface area contributed by atoms with Crippen LogP contribution in [0.15, 0.2) is 0 Å². The van der Waals surface area contributed by atoms with Crippen LogP contribution >= 0.6 is 7.14 Å². The van der Waals surface area contributed by atoms with Gasteiger partial charge in [0.1, 0.15) is 7.14 Å². The smallest absolute Gasteiger partial charge is 0.126 e. The van der Waals surface area contributed by atoms with Crippen molar-refractivity contribution in [1.29, 1.82) is 0 Å². The van der Waals surface area contributed by atoms with E-state index in [1.54, 1.807) is 0 Å². The minimum absolute atomic E-state index is 0. The topological polar surface area (TPSA) is 127 Å². The van der Waals surface area contributed by atoms with Crippen LogP contribution in [0.1, 0.15) is 0 Å². The first-order valence-corrected chi connectivity index (χ1v) is 4.62. The summed E-state index contributed by atoms with van der Waals surface area (Å²) in [5.74, 6) is 0. The van der Waals surface area contributed by atoms with E-state index < -0.39 is 7.14 Å². The maximum atomic E-state index is 10.9. The zero-order valence-corrected chi connectivity index (χ0v) is 6.10. The molecule has 0 aliphatic rings. The molecular formula is C3H14N3O2P. The predicted molar refractivity (Wildman–Crippen MR) is 38.4 cm³/mol. The van der Waals surface area contributed by atoms with Crippen LogP contribution < -0.4 is 17.2 Å². The van der Waals surface area contributed by atoms with Gasteiger partial charge in [-0.15, -0.1) is 0 Å². The van der Waals surface area contributed by atoms with E-state index in [1.807, 2.05) is 0 Å². The molecule has 0 saturated heterocycles. The fourth-order valence-electron chi connectivity index (χ4n) is 0.224. The number of hydrogen-bond acceptors (Lipinski definition) is 4. The average Bonchev–Trinajstić information content (AvgIpc) is 1.87. The van der Waals surface area contributed by atoms with E-state index >= 15 is 0 Å². The van der Waals surface area contributed by atoms with Gasteiger partial charge in [-0.1, -0.05) is 0 Å². The lowest BCUT2D eigenvalue weighted by molar-refractivity contribution is 0.575. The molecule has 0 aromatic carbocycles. The molecule has 0 spiro atoms. The third-order valence-electron chi connectivity index (χ3n) is 0.998. The summed E-state index contributed by atoms with van der Waals surface area (Å²) in [4.78, 5) is 0. The molecule has 8 N–H and O–H groups in total. The predicted octanol–water partition coefficient (Wildman–Crippen LogP) is -1.73. The monoisotopic (exact) mass is 155 g/mol. The van der Waals surface area contributed by atoms with E-state index in [1.165, 1.54) is 0 Å². The van der Waals surface area contributed by atoms with Gasteiger partial charge in [0.05, 0.1) is 0 Å². The summed E-state index contributed by atoms with van der Waals surface area (Å²) >= 11 is 0. The van der Waals surface area contributed by atoms with Crippen molar-refractivity contribution < 1.29 is 10.0 Å². The highest BCUT2D eigenvalue weighted by Crippen LogP contribution is 2.38. The van der Waals surface area contributed by atoms with Gasteiger partial charge in [-0.3, -0.25) is 0 Å². The molecule has 0 aliphatic heterocycles. The summed E-state index contributed by atoms with van der Waals surface area (Å²) in [6, 6.07) is 0. The Kier molecular flexibility index (Phi) is 6.44. The van der Waals surface area contributed by atoms with Crippen molar-refractivity contribution in [3.8, 4) is 0 Å². The normalized spacial score (nSPS) is 10.6. The molecule has 0 bridgehead atoms. The van der Waals surface area contributed by atoms with Crippen LogP contribution in [0.25, 0.3) is 0 Å². The summed E-state index contributed by atoms with van der Waals surface area (Å²) in [5.41, 5.74) is 15.3. The molecule has 0 aromatic rings. The number of nitrogens with two attached hydrogens (primary N) is 3. The molecule has 9 heavy (non-hydrogen) atoms. The average molecular weight is 155 g/mol. The van der Waals surface area contributed by atoms with E-state index in [4.69, 9.17) is 17.2 Å². The molecule has 0 heterocycles. The van der Waals surface area contributed by atoms with Gasteiger partial charge in [0.15, 0.2) is 0 Å². The first kappa shape index (κ1) is 11.8. The van der Waals surface area contributed by atoms with Crippen molar-refractivity contribution in [1.82, 2.24) is 0 Å². The fraction of sp³-hybridized carbons (Fsp3) is 1.00. The minimum atomic E-state index is -2.33. The SMILES string of the molecule is NCP(=O)(CN)CN.O. The Hall–Kier alpha value is 0.0700. The van der Waals surface area contributed by atoms with Crippen LogP contribution in [-0.2, 0) is 4.57 Å². The highest BCUT2D eigenvalue weighted by molar-refractivity contribution is 7.63. The van der Waals surface area contributed by atoms with E-state index in [9.17, 15) is 4.57 Å². The Bertz CT molecular complexity index is 88.2. The van der Waals surface area contributed by atoms with Gasteiger partial charge >= 0.3 is 0 Å². The van der Waals surface area contributed by atoms with Crippen LogP contribution in [-0.4, -0.2) is 24.3 Å². The molecule has 0 amide bonds. The molecule has 0 rings (SSSR count). The highest BCUT2D eigenvalue weighted by atomic mass is 31.2. The van der Waals surface area contributed by atoms with E-state index in [2.05, 4.69) is 0 Å². The molecule has 0 radical (unpaired) electrons. The molecule has 0 aromatic heterocycles. The Morgan fingerprint density at radius 3 is 1.22 bits per heavy atom. The second-order valence-electron chi connectivity index (χ2n) is 1.61. The first-order chi connectivity index (χ1) is 3.68. The number of rotatable bonds is 3. The van der Waals surface area contributed by atoms with E-state index in [0.717, 1.165) is 0 Å². The van der Waals surface area contributed by atoms with Gasteiger partial charge in [0.2, 0.25) is 0 Å². The quantitative estimate of drug-likeness (QED) is 0.418. The fourth-order valence-corrected chi connectivity index (χ4v) is 0.671. The molecule has 0 fully saturated rings. The van der Waals surface area contributed by atoms with Crippen molar-refractivity contribution in [2.24, 2.45) is 17.2 Å². The van der Waals surface area contributed by atoms with Crippen LogP contribution in [0.2, 0.25) is 0 Å². The van der Waals surface area contributed by atoms with Crippen LogP contribution in [0.4, 0.5) is 0 Å². The summed E-state index contributed by atoms with van der Waals surface area (Å²) in [6.07, 6.45) is 0.375. The van der Waals surface area contributed by atoms with E-state index in [-0.39, 0.29) is 24.3 Å². The Morgan fingerprint density at radius 2 is 1.22 bits per heavy atom. The molecule has 0 atom stereocenters. The van der Waals surface area contributed by atoms with Gasteiger partial charge in [-0.2, -0.15) is 0 Å². The second kappa shape index (κ2) is 4.90. The molecule has 58 valence electrons. The van der Waals surface area contributed by atoms with Crippen LogP contribution in [0.3, 0.4) is 0 Å². The molecular weight excluding hydrogens is 141 g/mol. The second-order valence-corrected chi connectivity index (χ2v) is 4.82. The summed E-state index contributed by atoms with van der Waals surface area (Å²) in [7, 11) is -2.33. The maximum Gasteiger partial charge on any atom is 0.126 e. The Balaban J connectivity index is 0. The summed E-state index contributed by atoms with van der Waals surface area (Å²) < 4.78 is 10.9. The van der Waals surface area contributed by atoms with Gasteiger partial charge < -0.3 is 27.2 Å². The molecule has 5 nitrogen and oxygen atoms in total. The van der Waals surface area contributed by atoms with Crippen molar-refractivity contribution in [3.05, 3.63) is 0 Å². The Morgan fingerprint density at radius 1 is 1.00 bits per heavy atom. The zero-order valence-electron chi connectivity index (χ0n) is 5.21. The highest BCUT2D eigenvalue weighted by Gasteiger charge is 2.13. The molecule has 6 heteroatoms. The van der Waals surface area contributed by atoms with Gasteiger partial charge in [0.25, 0.3) is 0 Å². The van der Waals surface area contributed by atoms with Crippen LogP contribution in [0, 0.1) is 0 Å². The molecule has 0 aliphatic carbocycles. The van der Waals surface area contributed by atoms with Crippen molar-refractivity contribution in [2.75, 3.05) is 18.9 Å². The van der Waals surface area contributed by atoms with Crippen LogP contribution in [0.5, 0.6) is 0 Å². The van der Waals surface area contributed by atoms with Gasteiger partial charge in [0, 0.05) is 18.9 Å². The minimum Gasteiger partial charge on any atom is -0.412 e. The third-order valence-corrected chi connectivity index (χ3v) is 2.99. The standard InChI is InChI=1S/C3H12N3OP.H2O/c4-1-8(7,2-5)3-6;/h1-6H2;1H2. The largest absolute Gasteiger partial charge is 0.412 e. The number of hydrogen-bond donors (Lipinski definition) is 3. The lowest BCUT2D eigenvalue weighted by atomic mass is 11.5. The zero-order chi connectivity index (χ0) is 6.62. The lowest BCUT2D eigenvalue weighted by Gasteiger charge is -2.08. The Labute approximate surface area is 54.3 Å². The van der Waals surface area contributed by atoms with Crippen molar-refractivity contribution in [3.63, 3.8) is 0 Å². The van der Waals surface area contributed by atoms with Crippen molar-refractivity contribution in [2.45, 2.75) is 0 Å². The van der Waals surface area contributed by atoms with Crippen molar-refractivity contribution >= 4 is 7.14 Å². The van der Waals surface area contributed by atoms with E-state index in [0.29, 0.717) is 0 Å². The van der Waals surface area contributed by atoms with Gasteiger partial charge in [-0.25, -0.2) is 0 Å². The summed E-state index contributed by atoms with van der Waals surface area (Å²) in [6.45, 7) is 0. The molecule has 0 unspecified atom stereocenters. The van der Waals surface area contributed by atoms with Gasteiger partial charge in [-0.05, 0) is 0 Å². The first-order valence-electron chi connectivity index (χ1n) is 2.36.